The van der Waals surface area contributed by atoms with Crippen molar-refractivity contribution in [2.24, 2.45) is 0 Å². The average Bonchev–Trinajstić information content (AvgIpc) is 2.75. The first kappa shape index (κ1) is 19.4. The van der Waals surface area contributed by atoms with Gasteiger partial charge in [-0.15, -0.1) is 0 Å². The third-order valence-corrected chi connectivity index (χ3v) is 6.01. The molecule has 0 unspecified atom stereocenters. The molecular weight excluding hydrogens is 351 g/mol. The van der Waals surface area contributed by atoms with Crippen LogP contribution in [0.5, 0.6) is 0 Å². The molecule has 5 heteroatoms. The summed E-state index contributed by atoms with van der Waals surface area (Å²) in [6.07, 6.45) is 0. The lowest BCUT2D eigenvalue weighted by molar-refractivity contribution is 0.113. The summed E-state index contributed by atoms with van der Waals surface area (Å²) >= 11 is 0. The van der Waals surface area contributed by atoms with Crippen molar-refractivity contribution in [3.63, 3.8) is 0 Å². The van der Waals surface area contributed by atoms with Gasteiger partial charge in [-0.2, -0.15) is 0 Å². The molecule has 0 spiro atoms. The van der Waals surface area contributed by atoms with Crippen molar-refractivity contribution in [1.82, 2.24) is 14.7 Å². The highest BCUT2D eigenvalue weighted by Crippen LogP contribution is 2.17. The standard InChI is InChI=1S/C23H31FN4/c24-22-6-8-23(9-7-22)28-18-16-26(17-19-28)11-10-25-12-14-27(15-13-25)20-21-4-2-1-3-5-21/h1-9H,10-20H2. The largest absolute Gasteiger partial charge is 0.369 e. The Morgan fingerprint density at radius 3 is 1.75 bits per heavy atom. The number of hydrogen-bond donors (Lipinski definition) is 0. The molecular formula is C23H31FN4. The molecule has 0 N–H and O–H groups in total. The summed E-state index contributed by atoms with van der Waals surface area (Å²) < 4.78 is 13.1. The molecule has 2 saturated heterocycles. The van der Waals surface area contributed by atoms with Gasteiger partial charge in [-0.25, -0.2) is 4.39 Å². The zero-order valence-electron chi connectivity index (χ0n) is 16.6. The second-order valence-corrected chi connectivity index (χ2v) is 7.91. The van der Waals surface area contributed by atoms with Crippen LogP contribution in [0, 0.1) is 5.82 Å². The fraction of sp³-hybridized carbons (Fsp3) is 0.478. The van der Waals surface area contributed by atoms with Crippen molar-refractivity contribution >= 4 is 5.69 Å². The molecule has 4 nitrogen and oxygen atoms in total. The summed E-state index contributed by atoms with van der Waals surface area (Å²) in [7, 11) is 0. The Balaban J connectivity index is 1.14. The molecule has 2 fully saturated rings. The van der Waals surface area contributed by atoms with Crippen LogP contribution in [0.15, 0.2) is 54.6 Å². The molecule has 28 heavy (non-hydrogen) atoms. The minimum Gasteiger partial charge on any atom is -0.369 e. The van der Waals surface area contributed by atoms with E-state index in [-0.39, 0.29) is 5.82 Å². The normalized spacial score (nSPS) is 19.8. The van der Waals surface area contributed by atoms with Gasteiger partial charge in [0.05, 0.1) is 0 Å². The van der Waals surface area contributed by atoms with Gasteiger partial charge in [-0.3, -0.25) is 14.7 Å². The van der Waals surface area contributed by atoms with E-state index in [1.54, 1.807) is 12.1 Å². The first-order chi connectivity index (χ1) is 13.8. The van der Waals surface area contributed by atoms with Crippen LogP contribution >= 0.6 is 0 Å². The van der Waals surface area contributed by atoms with E-state index in [1.165, 1.54) is 18.7 Å². The maximum absolute atomic E-state index is 13.1. The summed E-state index contributed by atoms with van der Waals surface area (Å²) in [5.41, 5.74) is 2.55. The molecule has 4 rings (SSSR count). The second-order valence-electron chi connectivity index (χ2n) is 7.91. The lowest BCUT2D eigenvalue weighted by Gasteiger charge is -2.39. The van der Waals surface area contributed by atoms with E-state index in [1.807, 2.05) is 12.1 Å². The number of halogens is 1. The van der Waals surface area contributed by atoms with Crippen molar-refractivity contribution in [2.75, 3.05) is 70.3 Å². The highest BCUT2D eigenvalue weighted by Gasteiger charge is 2.20. The fourth-order valence-corrected chi connectivity index (χ4v) is 4.18. The van der Waals surface area contributed by atoms with Gasteiger partial charge in [0, 0.05) is 77.7 Å². The van der Waals surface area contributed by atoms with Crippen LogP contribution in [-0.2, 0) is 6.54 Å². The van der Waals surface area contributed by atoms with E-state index in [9.17, 15) is 4.39 Å². The topological polar surface area (TPSA) is 13.0 Å². The Labute approximate surface area is 168 Å². The number of hydrogen-bond acceptors (Lipinski definition) is 4. The molecule has 0 aliphatic carbocycles. The van der Waals surface area contributed by atoms with Crippen molar-refractivity contribution < 1.29 is 4.39 Å². The van der Waals surface area contributed by atoms with Crippen molar-refractivity contribution in [3.05, 3.63) is 66.0 Å². The molecule has 2 aromatic rings. The molecule has 2 aromatic carbocycles. The minimum atomic E-state index is -0.161. The summed E-state index contributed by atoms with van der Waals surface area (Å²) in [5, 5.41) is 0. The summed E-state index contributed by atoms with van der Waals surface area (Å²) in [4.78, 5) is 10.1. The van der Waals surface area contributed by atoms with E-state index < -0.39 is 0 Å². The third-order valence-electron chi connectivity index (χ3n) is 6.01. The van der Waals surface area contributed by atoms with Crippen LogP contribution in [0.2, 0.25) is 0 Å². The van der Waals surface area contributed by atoms with Crippen molar-refractivity contribution in [3.8, 4) is 0 Å². The number of anilines is 1. The Morgan fingerprint density at radius 2 is 1.14 bits per heavy atom. The lowest BCUT2D eigenvalue weighted by atomic mass is 10.2. The summed E-state index contributed by atoms with van der Waals surface area (Å²) in [5.74, 6) is -0.161. The Hall–Kier alpha value is -1.95. The highest BCUT2D eigenvalue weighted by molar-refractivity contribution is 5.46. The quantitative estimate of drug-likeness (QED) is 0.762. The molecule has 2 heterocycles. The summed E-state index contributed by atoms with van der Waals surface area (Å²) in [6, 6.07) is 17.7. The van der Waals surface area contributed by atoms with E-state index in [0.29, 0.717) is 0 Å². The van der Waals surface area contributed by atoms with Gasteiger partial charge in [0.1, 0.15) is 5.82 Å². The molecule has 0 bridgehead atoms. The van der Waals surface area contributed by atoms with E-state index in [0.717, 1.165) is 64.6 Å². The van der Waals surface area contributed by atoms with Crippen molar-refractivity contribution in [1.29, 1.82) is 0 Å². The molecule has 2 aliphatic rings. The Morgan fingerprint density at radius 1 is 0.607 bits per heavy atom. The van der Waals surface area contributed by atoms with Crippen LogP contribution in [-0.4, -0.2) is 80.1 Å². The number of benzene rings is 2. The Bertz CT molecular complexity index is 705. The zero-order chi connectivity index (χ0) is 19.2. The van der Waals surface area contributed by atoms with Crippen LogP contribution in [0.3, 0.4) is 0 Å². The van der Waals surface area contributed by atoms with Crippen molar-refractivity contribution in [2.45, 2.75) is 6.54 Å². The first-order valence-electron chi connectivity index (χ1n) is 10.5. The average molecular weight is 383 g/mol. The van der Waals surface area contributed by atoms with Crippen LogP contribution in [0.4, 0.5) is 10.1 Å². The van der Waals surface area contributed by atoms with Gasteiger partial charge in [0.15, 0.2) is 0 Å². The fourth-order valence-electron chi connectivity index (χ4n) is 4.18. The summed E-state index contributed by atoms with van der Waals surface area (Å²) in [6.45, 7) is 12.3. The van der Waals surface area contributed by atoms with E-state index in [2.05, 4.69) is 49.9 Å². The van der Waals surface area contributed by atoms with Gasteiger partial charge < -0.3 is 4.90 Å². The van der Waals surface area contributed by atoms with Crippen LogP contribution in [0.1, 0.15) is 5.56 Å². The third kappa shape index (κ3) is 5.31. The molecule has 0 radical (unpaired) electrons. The van der Waals surface area contributed by atoms with Gasteiger partial charge in [0.2, 0.25) is 0 Å². The van der Waals surface area contributed by atoms with Crippen LogP contribution in [0.25, 0.3) is 0 Å². The van der Waals surface area contributed by atoms with Gasteiger partial charge in [-0.05, 0) is 29.8 Å². The molecule has 0 aromatic heterocycles. The smallest absolute Gasteiger partial charge is 0.123 e. The minimum absolute atomic E-state index is 0.161. The predicted octanol–water partition coefficient (Wildman–Crippen LogP) is 2.77. The van der Waals surface area contributed by atoms with E-state index >= 15 is 0 Å². The number of nitrogens with zero attached hydrogens (tertiary/aromatic N) is 4. The second kappa shape index (κ2) is 9.50. The maximum atomic E-state index is 13.1. The number of rotatable bonds is 6. The predicted molar refractivity (Wildman–Crippen MR) is 113 cm³/mol. The highest BCUT2D eigenvalue weighted by atomic mass is 19.1. The zero-order valence-corrected chi connectivity index (χ0v) is 16.6. The monoisotopic (exact) mass is 382 g/mol. The number of piperazine rings is 2. The van der Waals surface area contributed by atoms with Gasteiger partial charge in [-0.1, -0.05) is 30.3 Å². The first-order valence-corrected chi connectivity index (χ1v) is 10.5. The van der Waals surface area contributed by atoms with Gasteiger partial charge >= 0.3 is 0 Å². The van der Waals surface area contributed by atoms with E-state index in [4.69, 9.17) is 0 Å². The van der Waals surface area contributed by atoms with Gasteiger partial charge in [0.25, 0.3) is 0 Å². The molecule has 0 atom stereocenters. The molecule has 2 aliphatic heterocycles. The molecule has 0 saturated carbocycles. The lowest BCUT2D eigenvalue weighted by Crippen LogP contribution is -2.51. The van der Waals surface area contributed by atoms with Crippen LogP contribution < -0.4 is 4.90 Å². The Kier molecular flexibility index (Phi) is 6.57. The maximum Gasteiger partial charge on any atom is 0.123 e. The molecule has 150 valence electrons. The SMILES string of the molecule is Fc1ccc(N2CCN(CCN3CCN(Cc4ccccc4)CC3)CC2)cc1. The molecule has 0 amide bonds.